The second-order valence-electron chi connectivity index (χ2n) is 6.72. The van der Waals surface area contributed by atoms with Crippen LogP contribution >= 0.6 is 0 Å². The molecule has 130 valence electrons. The van der Waals surface area contributed by atoms with E-state index in [0.717, 1.165) is 22.5 Å². The Morgan fingerprint density at radius 3 is 2.65 bits per heavy atom. The van der Waals surface area contributed by atoms with Gasteiger partial charge < -0.3 is 10.2 Å². The Balaban J connectivity index is 1.72. The molecule has 2 heterocycles. The van der Waals surface area contributed by atoms with Crippen molar-refractivity contribution in [2.45, 2.75) is 26.6 Å². The van der Waals surface area contributed by atoms with E-state index in [2.05, 4.69) is 42.3 Å². The number of aromatic nitrogens is 1. The number of pyridine rings is 1. The Labute approximate surface area is 153 Å². The third-order valence-electron chi connectivity index (χ3n) is 4.78. The maximum Gasteiger partial charge on any atom is 0.258 e. The van der Waals surface area contributed by atoms with E-state index in [9.17, 15) is 4.79 Å². The number of aryl methyl sites for hydroxylation is 2. The molecule has 0 aliphatic carbocycles. The lowest BCUT2D eigenvalue weighted by atomic mass is 10.1. The van der Waals surface area contributed by atoms with Gasteiger partial charge in [-0.15, -0.1) is 0 Å². The van der Waals surface area contributed by atoms with Gasteiger partial charge in [0.1, 0.15) is 6.17 Å². The predicted molar refractivity (Wildman–Crippen MR) is 103 cm³/mol. The number of hydrogen-bond donors (Lipinski definition) is 1. The monoisotopic (exact) mass is 343 g/mol. The Bertz CT molecular complexity index is 953. The van der Waals surface area contributed by atoms with Crippen LogP contribution in [-0.4, -0.2) is 15.8 Å². The van der Waals surface area contributed by atoms with Crippen molar-refractivity contribution < 1.29 is 4.79 Å². The van der Waals surface area contributed by atoms with Crippen molar-refractivity contribution in [3.63, 3.8) is 0 Å². The van der Waals surface area contributed by atoms with Gasteiger partial charge in [0, 0.05) is 18.4 Å². The van der Waals surface area contributed by atoms with Crippen molar-refractivity contribution in [3.8, 4) is 0 Å². The molecule has 1 N–H and O–H groups in total. The lowest BCUT2D eigenvalue weighted by Crippen LogP contribution is -2.32. The number of amides is 1. The van der Waals surface area contributed by atoms with Gasteiger partial charge in [0.05, 0.1) is 11.3 Å². The minimum atomic E-state index is -0.278. The highest BCUT2D eigenvalue weighted by atomic mass is 16.2. The molecular weight excluding hydrogens is 322 g/mol. The van der Waals surface area contributed by atoms with Gasteiger partial charge in [-0.05, 0) is 48.7 Å². The Hall–Kier alpha value is -3.14. The van der Waals surface area contributed by atoms with E-state index in [-0.39, 0.29) is 12.1 Å². The summed E-state index contributed by atoms with van der Waals surface area (Å²) in [7, 11) is 0. The zero-order chi connectivity index (χ0) is 18.1. The number of carbonyl (C=O) groups excluding carboxylic acids is 1. The highest BCUT2D eigenvalue weighted by molar-refractivity contribution is 5.98. The predicted octanol–water partition coefficient (Wildman–Crippen LogP) is 4.47. The molecule has 1 unspecified atom stereocenters. The molecule has 0 fully saturated rings. The summed E-state index contributed by atoms with van der Waals surface area (Å²) in [5.74, 6) is 0.0137. The van der Waals surface area contributed by atoms with Crippen LogP contribution in [0, 0.1) is 13.8 Å². The first-order valence-electron chi connectivity index (χ1n) is 8.77. The molecule has 26 heavy (non-hydrogen) atoms. The third-order valence-corrected chi connectivity index (χ3v) is 4.78. The number of anilines is 1. The third kappa shape index (κ3) is 2.94. The summed E-state index contributed by atoms with van der Waals surface area (Å²) in [5.41, 5.74) is 5.91. The molecule has 4 heteroatoms. The zero-order valence-electron chi connectivity index (χ0n) is 14.9. The highest BCUT2D eigenvalue weighted by Gasteiger charge is 2.38. The van der Waals surface area contributed by atoms with Gasteiger partial charge in [-0.1, -0.05) is 42.5 Å². The first kappa shape index (κ1) is 16.3. The lowest BCUT2D eigenvalue weighted by molar-refractivity contribution is 0.0727. The molecule has 1 atom stereocenters. The molecule has 3 aromatic rings. The number of benzene rings is 2. The maximum absolute atomic E-state index is 13.0. The Morgan fingerprint density at radius 2 is 1.85 bits per heavy atom. The Morgan fingerprint density at radius 1 is 1.04 bits per heavy atom. The van der Waals surface area contributed by atoms with Crippen molar-refractivity contribution in [2.75, 3.05) is 5.32 Å². The van der Waals surface area contributed by atoms with E-state index in [1.807, 2.05) is 47.4 Å². The normalized spacial score (nSPS) is 15.8. The topological polar surface area (TPSA) is 45.2 Å². The molecule has 0 saturated carbocycles. The summed E-state index contributed by atoms with van der Waals surface area (Å²) >= 11 is 0. The van der Waals surface area contributed by atoms with Gasteiger partial charge >= 0.3 is 0 Å². The minimum Gasteiger partial charge on any atom is -0.360 e. The molecule has 1 amide bonds. The standard InChI is InChI=1S/C22H21N3O/c1-15-10-11-16(2)19(13-15)24-21-20-18(9-6-12-23-20)22(26)25(21)14-17-7-4-3-5-8-17/h3-13,21,24H,14H2,1-2H3. The molecule has 0 bridgehead atoms. The first-order chi connectivity index (χ1) is 12.6. The van der Waals surface area contributed by atoms with Gasteiger partial charge in [0.25, 0.3) is 5.91 Å². The number of hydrogen-bond acceptors (Lipinski definition) is 3. The summed E-state index contributed by atoms with van der Waals surface area (Å²) < 4.78 is 0. The van der Waals surface area contributed by atoms with Crippen LogP contribution in [0.2, 0.25) is 0 Å². The van der Waals surface area contributed by atoms with Crippen molar-refractivity contribution in [2.24, 2.45) is 0 Å². The molecular formula is C22H21N3O. The van der Waals surface area contributed by atoms with Crippen LogP contribution in [0.1, 0.15) is 38.9 Å². The number of rotatable bonds is 4. The maximum atomic E-state index is 13.0. The SMILES string of the molecule is Cc1ccc(C)c(NC2c3ncccc3C(=O)N2Cc2ccccc2)c1. The second-order valence-corrected chi connectivity index (χ2v) is 6.72. The van der Waals surface area contributed by atoms with Crippen LogP contribution < -0.4 is 5.32 Å². The number of fused-ring (bicyclic) bond motifs is 1. The van der Waals surface area contributed by atoms with Crippen molar-refractivity contribution in [1.29, 1.82) is 0 Å². The molecule has 1 aliphatic rings. The average Bonchev–Trinajstić information content (AvgIpc) is 2.92. The minimum absolute atomic E-state index is 0.0137. The highest BCUT2D eigenvalue weighted by Crippen LogP contribution is 2.35. The van der Waals surface area contributed by atoms with Crippen molar-refractivity contribution in [1.82, 2.24) is 9.88 Å². The molecule has 4 nitrogen and oxygen atoms in total. The summed E-state index contributed by atoms with van der Waals surface area (Å²) in [4.78, 5) is 19.4. The zero-order valence-corrected chi connectivity index (χ0v) is 14.9. The fourth-order valence-corrected chi connectivity index (χ4v) is 3.36. The van der Waals surface area contributed by atoms with Crippen LogP contribution in [0.3, 0.4) is 0 Å². The largest absolute Gasteiger partial charge is 0.360 e. The summed E-state index contributed by atoms with van der Waals surface area (Å²) in [6.07, 6.45) is 1.47. The van der Waals surface area contributed by atoms with Gasteiger partial charge in [-0.2, -0.15) is 0 Å². The fraction of sp³-hybridized carbons (Fsp3) is 0.182. The van der Waals surface area contributed by atoms with Crippen LogP contribution in [-0.2, 0) is 6.54 Å². The molecule has 0 spiro atoms. The Kier molecular flexibility index (Phi) is 4.17. The van der Waals surface area contributed by atoms with Crippen molar-refractivity contribution in [3.05, 3.63) is 94.8 Å². The first-order valence-corrected chi connectivity index (χ1v) is 8.77. The van der Waals surface area contributed by atoms with Gasteiger partial charge in [0.15, 0.2) is 0 Å². The van der Waals surface area contributed by atoms with Gasteiger partial charge in [0.2, 0.25) is 0 Å². The molecule has 2 aromatic carbocycles. The molecule has 1 aromatic heterocycles. The average molecular weight is 343 g/mol. The van der Waals surface area contributed by atoms with E-state index in [1.54, 1.807) is 6.20 Å². The smallest absolute Gasteiger partial charge is 0.258 e. The molecule has 0 radical (unpaired) electrons. The van der Waals surface area contributed by atoms with Gasteiger partial charge in [-0.25, -0.2) is 0 Å². The van der Waals surface area contributed by atoms with E-state index in [4.69, 9.17) is 0 Å². The lowest BCUT2D eigenvalue weighted by Gasteiger charge is -2.27. The number of carbonyl (C=O) groups is 1. The van der Waals surface area contributed by atoms with Crippen molar-refractivity contribution >= 4 is 11.6 Å². The summed E-state index contributed by atoms with van der Waals surface area (Å²) in [5, 5.41) is 3.55. The van der Waals surface area contributed by atoms with E-state index in [1.165, 1.54) is 5.56 Å². The second kappa shape index (κ2) is 6.64. The van der Waals surface area contributed by atoms with Crippen LogP contribution in [0.25, 0.3) is 0 Å². The molecule has 0 saturated heterocycles. The van der Waals surface area contributed by atoms with E-state index >= 15 is 0 Å². The van der Waals surface area contributed by atoms with E-state index < -0.39 is 0 Å². The fourth-order valence-electron chi connectivity index (χ4n) is 3.36. The van der Waals surface area contributed by atoms with Crippen LogP contribution in [0.5, 0.6) is 0 Å². The van der Waals surface area contributed by atoms with E-state index in [0.29, 0.717) is 12.1 Å². The molecule has 4 rings (SSSR count). The van der Waals surface area contributed by atoms with Crippen LogP contribution in [0.4, 0.5) is 5.69 Å². The summed E-state index contributed by atoms with van der Waals surface area (Å²) in [6, 6.07) is 20.0. The number of nitrogens with one attached hydrogen (secondary N) is 1. The molecule has 1 aliphatic heterocycles. The van der Waals surface area contributed by atoms with Gasteiger partial charge in [-0.3, -0.25) is 9.78 Å². The van der Waals surface area contributed by atoms with Crippen LogP contribution in [0.15, 0.2) is 66.9 Å². The number of nitrogens with zero attached hydrogens (tertiary/aromatic N) is 2. The summed E-state index contributed by atoms with van der Waals surface area (Å²) in [6.45, 7) is 4.68. The quantitative estimate of drug-likeness (QED) is 0.760.